The molecule has 0 spiro atoms. The molecule has 0 fully saturated rings. The molecule has 0 heterocycles. The highest BCUT2D eigenvalue weighted by molar-refractivity contribution is 7.81. The van der Waals surface area contributed by atoms with Gasteiger partial charge in [0.2, 0.25) is 5.91 Å². The Morgan fingerprint density at radius 1 is 1.42 bits per heavy atom. The second-order valence-corrected chi connectivity index (χ2v) is 4.22. The van der Waals surface area contributed by atoms with Crippen molar-refractivity contribution >= 4 is 18.5 Å². The van der Waals surface area contributed by atoms with E-state index < -0.39 is 0 Å². The molecule has 2 atom stereocenters. The first-order chi connectivity index (χ1) is 5.49. The van der Waals surface area contributed by atoms with Crippen LogP contribution in [0.2, 0.25) is 0 Å². The summed E-state index contributed by atoms with van der Waals surface area (Å²) in [6.45, 7) is 8.08. The van der Waals surface area contributed by atoms with Crippen molar-refractivity contribution in [2.45, 2.75) is 45.4 Å². The van der Waals surface area contributed by atoms with Crippen molar-refractivity contribution in [2.75, 3.05) is 0 Å². The molecule has 0 rings (SSSR count). The van der Waals surface area contributed by atoms with Gasteiger partial charge in [0.05, 0.1) is 5.25 Å². The van der Waals surface area contributed by atoms with Crippen LogP contribution in [-0.2, 0) is 4.79 Å². The van der Waals surface area contributed by atoms with Gasteiger partial charge in [-0.3, -0.25) is 4.79 Å². The molecule has 1 N–H and O–H groups in total. The molecule has 3 heteroatoms. The Bertz CT molecular complexity index is 145. The van der Waals surface area contributed by atoms with E-state index in [9.17, 15) is 4.79 Å². The van der Waals surface area contributed by atoms with Gasteiger partial charge in [0, 0.05) is 6.04 Å². The van der Waals surface area contributed by atoms with Gasteiger partial charge in [-0.2, -0.15) is 12.6 Å². The molecule has 2 nitrogen and oxygen atoms in total. The minimum atomic E-state index is -0.210. The number of carbonyl (C=O) groups excluding carboxylic acids is 1. The Balaban J connectivity index is 3.94. The number of hydrogen-bond acceptors (Lipinski definition) is 2. The van der Waals surface area contributed by atoms with E-state index >= 15 is 0 Å². The summed E-state index contributed by atoms with van der Waals surface area (Å²) in [5, 5.41) is 2.74. The van der Waals surface area contributed by atoms with Crippen molar-refractivity contribution < 1.29 is 4.79 Å². The molecular weight excluding hydrogens is 170 g/mol. The first-order valence-electron chi connectivity index (χ1n) is 4.47. The average Bonchev–Trinajstić information content (AvgIpc) is 1.98. The van der Waals surface area contributed by atoms with Crippen LogP contribution in [-0.4, -0.2) is 17.2 Å². The van der Waals surface area contributed by atoms with Crippen molar-refractivity contribution in [2.24, 2.45) is 5.92 Å². The number of rotatable bonds is 4. The Morgan fingerprint density at radius 2 is 1.92 bits per heavy atom. The summed E-state index contributed by atoms with van der Waals surface area (Å²) in [4.78, 5) is 11.2. The fourth-order valence-corrected chi connectivity index (χ4v) is 1.12. The Kier molecular flexibility index (Phi) is 5.38. The van der Waals surface area contributed by atoms with Crippen LogP contribution in [0.1, 0.15) is 34.1 Å². The maximum absolute atomic E-state index is 11.2. The van der Waals surface area contributed by atoms with Gasteiger partial charge in [-0.25, -0.2) is 0 Å². The third-order valence-corrected chi connectivity index (χ3v) is 2.19. The molecule has 0 saturated carbocycles. The van der Waals surface area contributed by atoms with Crippen molar-refractivity contribution in [3.8, 4) is 0 Å². The summed E-state index contributed by atoms with van der Waals surface area (Å²) in [5.41, 5.74) is 0. The van der Waals surface area contributed by atoms with E-state index in [0.717, 1.165) is 6.42 Å². The molecule has 0 radical (unpaired) electrons. The zero-order valence-electron chi connectivity index (χ0n) is 8.29. The first-order valence-corrected chi connectivity index (χ1v) is 4.99. The van der Waals surface area contributed by atoms with Gasteiger partial charge in [-0.05, 0) is 19.3 Å². The second-order valence-electron chi connectivity index (χ2n) is 3.44. The third-order valence-electron chi connectivity index (χ3n) is 1.95. The van der Waals surface area contributed by atoms with Crippen LogP contribution in [0.5, 0.6) is 0 Å². The molecular formula is C9H19NOS. The van der Waals surface area contributed by atoms with Crippen molar-refractivity contribution in [3.63, 3.8) is 0 Å². The van der Waals surface area contributed by atoms with E-state index in [1.807, 2.05) is 0 Å². The van der Waals surface area contributed by atoms with Crippen LogP contribution in [0.4, 0.5) is 0 Å². The fourth-order valence-electron chi connectivity index (χ4n) is 1.04. The van der Waals surface area contributed by atoms with Gasteiger partial charge in [0.25, 0.3) is 0 Å². The largest absolute Gasteiger partial charge is 0.352 e. The van der Waals surface area contributed by atoms with Crippen molar-refractivity contribution in [3.05, 3.63) is 0 Å². The fraction of sp³-hybridized carbons (Fsp3) is 0.889. The lowest BCUT2D eigenvalue weighted by atomic mass is 10.0. The van der Waals surface area contributed by atoms with Crippen molar-refractivity contribution in [1.29, 1.82) is 0 Å². The summed E-state index contributed by atoms with van der Waals surface area (Å²) in [7, 11) is 0. The van der Waals surface area contributed by atoms with E-state index in [2.05, 4.69) is 38.7 Å². The standard InChI is InChI=1S/C9H19NOS/c1-5-8(6(2)3)10-9(11)7(4)12/h6-8,12H,5H2,1-4H3,(H,10,11). The zero-order chi connectivity index (χ0) is 9.72. The molecule has 12 heavy (non-hydrogen) atoms. The van der Waals surface area contributed by atoms with E-state index in [1.165, 1.54) is 0 Å². The van der Waals surface area contributed by atoms with Crippen LogP contribution >= 0.6 is 12.6 Å². The average molecular weight is 189 g/mol. The van der Waals surface area contributed by atoms with E-state index in [0.29, 0.717) is 5.92 Å². The summed E-state index contributed by atoms with van der Waals surface area (Å²) >= 11 is 4.06. The van der Waals surface area contributed by atoms with Gasteiger partial charge >= 0.3 is 0 Å². The van der Waals surface area contributed by atoms with Gasteiger partial charge in [-0.15, -0.1) is 0 Å². The minimum Gasteiger partial charge on any atom is -0.352 e. The Hall–Kier alpha value is -0.180. The Labute approximate surface area is 80.5 Å². The second kappa shape index (κ2) is 5.46. The smallest absolute Gasteiger partial charge is 0.232 e. The van der Waals surface area contributed by atoms with E-state index in [-0.39, 0.29) is 17.2 Å². The Morgan fingerprint density at radius 3 is 2.17 bits per heavy atom. The SMILES string of the molecule is CCC(NC(=O)C(C)S)C(C)C. The van der Waals surface area contributed by atoms with Crippen LogP contribution in [0.25, 0.3) is 0 Å². The molecule has 0 aliphatic carbocycles. The van der Waals surface area contributed by atoms with E-state index in [4.69, 9.17) is 0 Å². The number of thiol groups is 1. The van der Waals surface area contributed by atoms with Gasteiger partial charge < -0.3 is 5.32 Å². The molecule has 0 aliphatic rings. The summed E-state index contributed by atoms with van der Waals surface area (Å²) in [6, 6.07) is 0.284. The van der Waals surface area contributed by atoms with Crippen LogP contribution in [0.15, 0.2) is 0 Å². The third kappa shape index (κ3) is 4.00. The van der Waals surface area contributed by atoms with E-state index in [1.54, 1.807) is 6.92 Å². The molecule has 0 aromatic heterocycles. The van der Waals surface area contributed by atoms with Crippen LogP contribution in [0, 0.1) is 5.92 Å². The molecule has 0 aromatic rings. The van der Waals surface area contributed by atoms with Crippen LogP contribution < -0.4 is 5.32 Å². The summed E-state index contributed by atoms with van der Waals surface area (Å²) in [5.74, 6) is 0.518. The molecule has 0 saturated heterocycles. The highest BCUT2D eigenvalue weighted by Crippen LogP contribution is 2.06. The topological polar surface area (TPSA) is 29.1 Å². The summed E-state index contributed by atoms with van der Waals surface area (Å²) in [6.07, 6.45) is 0.976. The molecule has 0 aromatic carbocycles. The highest BCUT2D eigenvalue weighted by atomic mass is 32.1. The highest BCUT2D eigenvalue weighted by Gasteiger charge is 2.15. The van der Waals surface area contributed by atoms with Crippen molar-refractivity contribution in [1.82, 2.24) is 5.32 Å². The monoisotopic (exact) mass is 189 g/mol. The number of amides is 1. The number of carbonyl (C=O) groups is 1. The number of hydrogen-bond donors (Lipinski definition) is 2. The van der Waals surface area contributed by atoms with Crippen LogP contribution in [0.3, 0.4) is 0 Å². The molecule has 1 amide bonds. The summed E-state index contributed by atoms with van der Waals surface area (Å²) < 4.78 is 0. The lowest BCUT2D eigenvalue weighted by Gasteiger charge is -2.21. The maximum Gasteiger partial charge on any atom is 0.232 e. The van der Waals surface area contributed by atoms with Gasteiger partial charge in [0.15, 0.2) is 0 Å². The lowest BCUT2D eigenvalue weighted by molar-refractivity contribution is -0.121. The quantitative estimate of drug-likeness (QED) is 0.649. The maximum atomic E-state index is 11.2. The van der Waals surface area contributed by atoms with Gasteiger partial charge in [-0.1, -0.05) is 20.8 Å². The zero-order valence-corrected chi connectivity index (χ0v) is 9.19. The first kappa shape index (κ1) is 11.8. The predicted molar refractivity (Wildman–Crippen MR) is 55.5 cm³/mol. The normalized spacial score (nSPS) is 15.8. The molecule has 0 aliphatic heterocycles. The molecule has 72 valence electrons. The molecule has 2 unspecified atom stereocenters. The van der Waals surface area contributed by atoms with Gasteiger partial charge in [0.1, 0.15) is 0 Å². The number of nitrogens with one attached hydrogen (secondary N) is 1. The lowest BCUT2D eigenvalue weighted by Crippen LogP contribution is -2.41. The minimum absolute atomic E-state index is 0.0267. The molecule has 0 bridgehead atoms. The predicted octanol–water partition coefficient (Wildman–Crippen LogP) is 1.86.